The fourth-order valence-corrected chi connectivity index (χ4v) is 3.29. The van der Waals surface area contributed by atoms with Gasteiger partial charge in [-0.15, -0.1) is 10.2 Å². The van der Waals surface area contributed by atoms with Crippen LogP contribution in [0.1, 0.15) is 30.9 Å². The van der Waals surface area contributed by atoms with Crippen LogP contribution in [0.4, 0.5) is 13.2 Å². The molecule has 2 aromatic carbocycles. The SMILES string of the molecule is CC(C)N(Cc1nnc(-c2ccccc2Cl)o1)C(=O)/C=C/c1ccc(Cl)c(C(F)(F)F)c1. The highest BCUT2D eigenvalue weighted by atomic mass is 35.5. The van der Waals surface area contributed by atoms with Gasteiger partial charge in [-0.2, -0.15) is 13.2 Å². The summed E-state index contributed by atoms with van der Waals surface area (Å²) in [7, 11) is 0. The zero-order valence-corrected chi connectivity index (χ0v) is 18.5. The number of amides is 1. The van der Waals surface area contributed by atoms with Crippen molar-refractivity contribution in [1.29, 1.82) is 0 Å². The first kappa shape index (κ1) is 23.8. The van der Waals surface area contributed by atoms with Gasteiger partial charge in [-0.3, -0.25) is 4.79 Å². The van der Waals surface area contributed by atoms with Gasteiger partial charge in [0.1, 0.15) is 0 Å². The molecule has 0 unspecified atom stereocenters. The molecule has 0 aliphatic carbocycles. The number of carbonyl (C=O) groups is 1. The van der Waals surface area contributed by atoms with Gasteiger partial charge in [-0.1, -0.05) is 41.4 Å². The van der Waals surface area contributed by atoms with Crippen LogP contribution in [-0.4, -0.2) is 27.0 Å². The number of hydrogen-bond donors (Lipinski definition) is 0. The predicted octanol–water partition coefficient (Wildman–Crippen LogP) is 6.51. The molecule has 1 amide bonds. The molecule has 32 heavy (non-hydrogen) atoms. The average Bonchev–Trinajstić information content (AvgIpc) is 3.19. The monoisotopic (exact) mass is 483 g/mol. The van der Waals surface area contributed by atoms with Crippen molar-refractivity contribution in [1.82, 2.24) is 15.1 Å². The molecule has 0 saturated heterocycles. The highest BCUT2D eigenvalue weighted by molar-refractivity contribution is 6.33. The van der Waals surface area contributed by atoms with Crippen LogP contribution in [-0.2, 0) is 17.5 Å². The Morgan fingerprint density at radius 1 is 1.12 bits per heavy atom. The summed E-state index contributed by atoms with van der Waals surface area (Å²) >= 11 is 11.8. The van der Waals surface area contributed by atoms with Crippen LogP contribution in [0.5, 0.6) is 0 Å². The molecule has 3 aromatic rings. The molecule has 1 aromatic heterocycles. The van der Waals surface area contributed by atoms with Gasteiger partial charge in [0.15, 0.2) is 0 Å². The molecule has 1 heterocycles. The molecular weight excluding hydrogens is 466 g/mol. The minimum atomic E-state index is -4.59. The third-order valence-electron chi connectivity index (χ3n) is 4.50. The van der Waals surface area contributed by atoms with E-state index in [2.05, 4.69) is 10.2 Å². The summed E-state index contributed by atoms with van der Waals surface area (Å²) in [6.45, 7) is 3.61. The van der Waals surface area contributed by atoms with Gasteiger partial charge in [0.05, 0.1) is 27.7 Å². The first-order valence-electron chi connectivity index (χ1n) is 9.49. The second-order valence-electron chi connectivity index (χ2n) is 7.11. The normalized spacial score (nSPS) is 12.0. The Bertz CT molecular complexity index is 1140. The van der Waals surface area contributed by atoms with Crippen molar-refractivity contribution in [2.75, 3.05) is 0 Å². The van der Waals surface area contributed by atoms with E-state index < -0.39 is 22.7 Å². The van der Waals surface area contributed by atoms with Gasteiger partial charge in [0.25, 0.3) is 0 Å². The quantitative estimate of drug-likeness (QED) is 0.374. The van der Waals surface area contributed by atoms with Crippen LogP contribution >= 0.6 is 23.2 Å². The fraction of sp³-hybridized carbons (Fsp3) is 0.227. The molecule has 0 aliphatic heterocycles. The molecule has 5 nitrogen and oxygen atoms in total. The summed E-state index contributed by atoms with van der Waals surface area (Å²) in [6.07, 6.45) is -2.10. The highest BCUT2D eigenvalue weighted by Crippen LogP contribution is 2.35. The second-order valence-corrected chi connectivity index (χ2v) is 7.93. The molecule has 0 bridgehead atoms. The van der Waals surface area contributed by atoms with E-state index in [0.717, 1.165) is 12.1 Å². The van der Waals surface area contributed by atoms with Crippen molar-refractivity contribution in [2.45, 2.75) is 32.6 Å². The second kappa shape index (κ2) is 9.75. The number of hydrogen-bond acceptors (Lipinski definition) is 4. The summed E-state index contributed by atoms with van der Waals surface area (Å²) in [5.41, 5.74) is -0.205. The highest BCUT2D eigenvalue weighted by Gasteiger charge is 2.33. The zero-order valence-electron chi connectivity index (χ0n) is 17.0. The molecule has 0 saturated carbocycles. The smallest absolute Gasteiger partial charge is 0.417 e. The number of rotatable bonds is 6. The van der Waals surface area contributed by atoms with Gasteiger partial charge in [-0.05, 0) is 49.8 Å². The maximum Gasteiger partial charge on any atom is 0.417 e. The number of carbonyl (C=O) groups excluding carboxylic acids is 1. The number of halogens is 5. The van der Waals surface area contributed by atoms with Crippen molar-refractivity contribution >= 4 is 35.2 Å². The van der Waals surface area contributed by atoms with Crippen LogP contribution in [0.2, 0.25) is 10.0 Å². The van der Waals surface area contributed by atoms with E-state index in [0.29, 0.717) is 10.6 Å². The molecule has 3 rings (SSSR count). The van der Waals surface area contributed by atoms with Crippen LogP contribution in [0.3, 0.4) is 0 Å². The Labute approximate surface area is 192 Å². The average molecular weight is 484 g/mol. The summed E-state index contributed by atoms with van der Waals surface area (Å²) in [4.78, 5) is 14.2. The molecule has 10 heteroatoms. The van der Waals surface area contributed by atoms with E-state index in [1.54, 1.807) is 38.1 Å². The first-order chi connectivity index (χ1) is 15.1. The van der Waals surface area contributed by atoms with E-state index in [4.69, 9.17) is 27.6 Å². The van der Waals surface area contributed by atoms with Crippen LogP contribution in [0, 0.1) is 0 Å². The number of nitrogens with zero attached hydrogens (tertiary/aromatic N) is 3. The lowest BCUT2D eigenvalue weighted by molar-refractivity contribution is -0.137. The Morgan fingerprint density at radius 3 is 2.50 bits per heavy atom. The number of alkyl halides is 3. The molecule has 0 atom stereocenters. The molecule has 0 N–H and O–H groups in total. The van der Waals surface area contributed by atoms with E-state index in [9.17, 15) is 18.0 Å². The molecule has 0 fully saturated rings. The topological polar surface area (TPSA) is 59.2 Å². The van der Waals surface area contributed by atoms with Crippen molar-refractivity contribution < 1.29 is 22.4 Å². The summed E-state index contributed by atoms with van der Waals surface area (Å²) in [5.74, 6) is -0.0136. The molecule has 0 spiro atoms. The van der Waals surface area contributed by atoms with E-state index in [1.165, 1.54) is 23.1 Å². The van der Waals surface area contributed by atoms with Gasteiger partial charge in [-0.25, -0.2) is 0 Å². The van der Waals surface area contributed by atoms with Crippen LogP contribution in [0.25, 0.3) is 17.5 Å². The maximum atomic E-state index is 13.0. The lowest BCUT2D eigenvalue weighted by Crippen LogP contribution is -2.35. The third kappa shape index (κ3) is 5.69. The van der Waals surface area contributed by atoms with Crippen LogP contribution in [0.15, 0.2) is 53.0 Å². The zero-order chi connectivity index (χ0) is 23.5. The standard InChI is InChI=1S/C22H18Cl2F3N3O2/c1-13(2)30(12-19-28-29-21(32-19)15-5-3-4-6-17(15)23)20(31)10-8-14-7-9-18(24)16(11-14)22(25,26)27/h3-11,13H,12H2,1-2H3/b10-8+. The predicted molar refractivity (Wildman–Crippen MR) is 116 cm³/mol. The Balaban J connectivity index is 1.77. The van der Waals surface area contributed by atoms with Gasteiger partial charge in [0.2, 0.25) is 17.7 Å². The lowest BCUT2D eigenvalue weighted by atomic mass is 10.1. The fourth-order valence-electron chi connectivity index (χ4n) is 2.85. The summed E-state index contributed by atoms with van der Waals surface area (Å²) < 4.78 is 44.8. The van der Waals surface area contributed by atoms with Gasteiger partial charge in [0, 0.05) is 12.1 Å². The first-order valence-corrected chi connectivity index (χ1v) is 10.2. The Hall–Kier alpha value is -2.84. The third-order valence-corrected chi connectivity index (χ3v) is 5.16. The number of benzene rings is 2. The Morgan fingerprint density at radius 2 is 1.84 bits per heavy atom. The van der Waals surface area contributed by atoms with Gasteiger partial charge < -0.3 is 9.32 Å². The molecule has 0 aliphatic rings. The van der Waals surface area contributed by atoms with E-state index >= 15 is 0 Å². The molecule has 0 radical (unpaired) electrons. The molecular formula is C22H18Cl2F3N3O2. The summed E-state index contributed by atoms with van der Waals surface area (Å²) in [6, 6.07) is 10.2. The van der Waals surface area contributed by atoms with Crippen molar-refractivity contribution in [3.63, 3.8) is 0 Å². The molecule has 168 valence electrons. The minimum Gasteiger partial charge on any atom is -0.419 e. The van der Waals surface area contributed by atoms with Gasteiger partial charge >= 0.3 is 6.18 Å². The van der Waals surface area contributed by atoms with Crippen LogP contribution < -0.4 is 0 Å². The van der Waals surface area contributed by atoms with E-state index in [1.807, 2.05) is 0 Å². The summed E-state index contributed by atoms with van der Waals surface area (Å²) in [5, 5.41) is 7.99. The minimum absolute atomic E-state index is 0.0205. The largest absolute Gasteiger partial charge is 0.419 e. The number of aromatic nitrogens is 2. The van der Waals surface area contributed by atoms with Crippen molar-refractivity contribution in [3.05, 3.63) is 75.6 Å². The Kier molecular flexibility index (Phi) is 7.26. The maximum absolute atomic E-state index is 13.0. The lowest BCUT2D eigenvalue weighted by Gasteiger charge is -2.23. The van der Waals surface area contributed by atoms with E-state index in [-0.39, 0.29) is 29.9 Å². The van der Waals surface area contributed by atoms with Crippen molar-refractivity contribution in [3.8, 4) is 11.5 Å². The van der Waals surface area contributed by atoms with Crippen molar-refractivity contribution in [2.24, 2.45) is 0 Å².